The number of anilines is 1. The van der Waals surface area contributed by atoms with Crippen LogP contribution in [0.2, 0.25) is 0 Å². The number of ether oxygens (including phenoxy) is 1. The minimum Gasteiger partial charge on any atom is -0.497 e. The van der Waals surface area contributed by atoms with Crippen molar-refractivity contribution in [3.8, 4) is 11.4 Å². The summed E-state index contributed by atoms with van der Waals surface area (Å²) in [6, 6.07) is 21.7. The molecule has 166 valence electrons. The van der Waals surface area contributed by atoms with E-state index in [0.29, 0.717) is 28.1 Å². The number of fused-ring (bicyclic) bond motifs is 1. The highest BCUT2D eigenvalue weighted by Crippen LogP contribution is 2.15. The highest BCUT2D eigenvalue weighted by molar-refractivity contribution is 5.92. The zero-order valence-electron chi connectivity index (χ0n) is 18.3. The highest BCUT2D eigenvalue weighted by atomic mass is 16.5. The van der Waals surface area contributed by atoms with E-state index in [9.17, 15) is 9.59 Å². The quantitative estimate of drug-likeness (QED) is 0.339. The maximum atomic E-state index is 12.9. The molecule has 1 aromatic heterocycles. The maximum Gasteiger partial charge on any atom is 0.265 e. The summed E-state index contributed by atoms with van der Waals surface area (Å²) in [5.74, 6) is 1.12. The molecule has 0 aliphatic carbocycles. The number of hydrogen-bond acceptors (Lipinski definition) is 6. The number of aryl methyl sites for hydroxylation is 1. The second-order valence-electron chi connectivity index (χ2n) is 7.28. The molecule has 4 aromatic rings. The molecule has 0 aliphatic heterocycles. The van der Waals surface area contributed by atoms with Crippen LogP contribution in [-0.4, -0.2) is 35.3 Å². The number of rotatable bonds is 7. The van der Waals surface area contributed by atoms with Gasteiger partial charge in [0.05, 0.1) is 29.9 Å². The molecule has 8 nitrogen and oxygen atoms in total. The molecule has 1 amide bonds. The average Bonchev–Trinajstić information content (AvgIpc) is 2.83. The fraction of sp³-hybridized carbons (Fsp3) is 0.120. The van der Waals surface area contributed by atoms with Crippen LogP contribution < -0.4 is 21.0 Å². The lowest BCUT2D eigenvalue weighted by Gasteiger charge is -2.12. The van der Waals surface area contributed by atoms with Gasteiger partial charge in [-0.15, -0.1) is 0 Å². The Balaban J connectivity index is 1.37. The molecule has 3 aromatic carbocycles. The van der Waals surface area contributed by atoms with E-state index in [-0.39, 0.29) is 18.0 Å². The van der Waals surface area contributed by atoms with Crippen molar-refractivity contribution < 1.29 is 9.53 Å². The van der Waals surface area contributed by atoms with E-state index in [4.69, 9.17) is 4.74 Å². The number of methoxy groups -OCH3 is 1. The Morgan fingerprint density at radius 1 is 1.06 bits per heavy atom. The number of nitrogens with zero attached hydrogens (tertiary/aromatic N) is 3. The summed E-state index contributed by atoms with van der Waals surface area (Å²) in [7, 11) is 1.61. The topological polar surface area (TPSA) is 97.6 Å². The number of hydrogen-bond donors (Lipinski definition) is 2. The third-order valence-electron chi connectivity index (χ3n) is 5.01. The summed E-state index contributed by atoms with van der Waals surface area (Å²) in [6.07, 6.45) is 1.62. The van der Waals surface area contributed by atoms with Crippen molar-refractivity contribution in [1.82, 2.24) is 15.0 Å². The standard InChI is InChI=1S/C25H23N5O3/c1-17-28-23-6-4-3-5-22(23)25(32)30(17)20-11-9-19(10-12-20)29-24(31)16-27-26-15-18-7-13-21(33-2)14-8-18/h3-15,27H,16H2,1-2H3,(H,29,31). The summed E-state index contributed by atoms with van der Waals surface area (Å²) in [4.78, 5) is 29.6. The van der Waals surface area contributed by atoms with Gasteiger partial charge in [-0.1, -0.05) is 12.1 Å². The molecule has 0 saturated heterocycles. The minimum absolute atomic E-state index is 0.0154. The molecule has 0 atom stereocenters. The maximum absolute atomic E-state index is 12.9. The molecular formula is C25H23N5O3. The van der Waals surface area contributed by atoms with Gasteiger partial charge in [0.2, 0.25) is 5.91 Å². The van der Waals surface area contributed by atoms with Crippen LogP contribution in [0.15, 0.2) is 82.7 Å². The molecular weight excluding hydrogens is 418 g/mol. The van der Waals surface area contributed by atoms with E-state index >= 15 is 0 Å². The molecule has 0 unspecified atom stereocenters. The Labute approximate surface area is 190 Å². The van der Waals surface area contributed by atoms with Gasteiger partial charge in [-0.25, -0.2) is 4.98 Å². The fourth-order valence-corrected chi connectivity index (χ4v) is 3.37. The predicted molar refractivity (Wildman–Crippen MR) is 129 cm³/mol. The second-order valence-corrected chi connectivity index (χ2v) is 7.28. The number of para-hydroxylation sites is 1. The van der Waals surface area contributed by atoms with Gasteiger partial charge in [-0.05, 0) is 73.2 Å². The molecule has 33 heavy (non-hydrogen) atoms. The molecule has 0 radical (unpaired) electrons. The van der Waals surface area contributed by atoms with Gasteiger partial charge in [0, 0.05) is 5.69 Å². The molecule has 0 saturated carbocycles. The monoisotopic (exact) mass is 441 g/mol. The highest BCUT2D eigenvalue weighted by Gasteiger charge is 2.10. The van der Waals surface area contributed by atoms with Crippen LogP contribution in [0.4, 0.5) is 5.69 Å². The van der Waals surface area contributed by atoms with Crippen molar-refractivity contribution in [2.45, 2.75) is 6.92 Å². The molecule has 0 fully saturated rings. The van der Waals surface area contributed by atoms with Crippen LogP contribution >= 0.6 is 0 Å². The Morgan fingerprint density at radius 3 is 2.52 bits per heavy atom. The molecule has 4 rings (SSSR count). The number of amides is 1. The first-order chi connectivity index (χ1) is 16.0. The zero-order valence-corrected chi connectivity index (χ0v) is 18.3. The number of hydrazone groups is 1. The van der Waals surface area contributed by atoms with Crippen molar-refractivity contribution in [2.75, 3.05) is 19.0 Å². The van der Waals surface area contributed by atoms with E-state index in [1.54, 1.807) is 55.1 Å². The predicted octanol–water partition coefficient (Wildman–Crippen LogP) is 3.26. The molecule has 0 bridgehead atoms. The second kappa shape index (κ2) is 9.78. The Kier molecular flexibility index (Phi) is 6.45. The van der Waals surface area contributed by atoms with E-state index in [1.165, 1.54) is 0 Å². The summed E-state index contributed by atoms with van der Waals surface area (Å²) >= 11 is 0. The van der Waals surface area contributed by atoms with E-state index < -0.39 is 0 Å². The van der Waals surface area contributed by atoms with Crippen LogP contribution in [0.1, 0.15) is 11.4 Å². The van der Waals surface area contributed by atoms with E-state index in [0.717, 1.165) is 11.3 Å². The molecule has 8 heteroatoms. The van der Waals surface area contributed by atoms with Gasteiger partial charge < -0.3 is 15.5 Å². The minimum atomic E-state index is -0.240. The van der Waals surface area contributed by atoms with Crippen LogP contribution in [-0.2, 0) is 4.79 Å². The summed E-state index contributed by atoms with van der Waals surface area (Å²) in [5, 5.41) is 7.41. The van der Waals surface area contributed by atoms with Gasteiger partial charge in [-0.2, -0.15) is 5.10 Å². The summed E-state index contributed by atoms with van der Waals surface area (Å²) in [5.41, 5.74) is 5.44. The van der Waals surface area contributed by atoms with Crippen molar-refractivity contribution in [2.24, 2.45) is 5.10 Å². The van der Waals surface area contributed by atoms with Crippen molar-refractivity contribution in [3.05, 3.63) is 94.5 Å². The van der Waals surface area contributed by atoms with Crippen LogP contribution in [0, 0.1) is 6.92 Å². The molecule has 0 aliphatic rings. The van der Waals surface area contributed by atoms with Gasteiger partial charge in [0.1, 0.15) is 18.1 Å². The Bertz CT molecular complexity index is 1360. The van der Waals surface area contributed by atoms with Gasteiger partial charge in [-0.3, -0.25) is 14.2 Å². The largest absolute Gasteiger partial charge is 0.497 e. The number of carbonyl (C=O) groups excluding carboxylic acids is 1. The molecule has 0 spiro atoms. The van der Waals surface area contributed by atoms with Gasteiger partial charge >= 0.3 is 0 Å². The van der Waals surface area contributed by atoms with Gasteiger partial charge in [0.25, 0.3) is 5.56 Å². The summed E-state index contributed by atoms with van der Waals surface area (Å²) < 4.78 is 6.67. The van der Waals surface area contributed by atoms with E-state index in [2.05, 4.69) is 20.8 Å². The fourth-order valence-electron chi connectivity index (χ4n) is 3.37. The lowest BCUT2D eigenvalue weighted by atomic mass is 10.2. The number of nitrogens with one attached hydrogen (secondary N) is 2. The Hall–Kier alpha value is -4.46. The Morgan fingerprint density at radius 2 is 1.79 bits per heavy atom. The first-order valence-electron chi connectivity index (χ1n) is 10.3. The first kappa shape index (κ1) is 21.8. The van der Waals surface area contributed by atoms with Crippen LogP contribution in [0.3, 0.4) is 0 Å². The first-order valence-corrected chi connectivity index (χ1v) is 10.3. The lowest BCUT2D eigenvalue weighted by molar-refractivity contribution is -0.115. The molecule has 2 N–H and O–H groups in total. The van der Waals surface area contributed by atoms with Gasteiger partial charge in [0.15, 0.2) is 0 Å². The van der Waals surface area contributed by atoms with E-state index in [1.807, 2.05) is 42.5 Å². The number of carbonyl (C=O) groups is 1. The normalized spacial score (nSPS) is 11.0. The van der Waals surface area contributed by atoms with Crippen LogP contribution in [0.25, 0.3) is 16.6 Å². The SMILES string of the molecule is COc1ccc(C=NNCC(=O)Nc2ccc(-n3c(C)nc4ccccc4c3=O)cc2)cc1. The molecule has 1 heterocycles. The number of aromatic nitrogens is 2. The van der Waals surface area contributed by atoms with Crippen molar-refractivity contribution in [3.63, 3.8) is 0 Å². The third kappa shape index (κ3) is 5.07. The van der Waals surface area contributed by atoms with Crippen molar-refractivity contribution >= 4 is 28.7 Å². The average molecular weight is 441 g/mol. The van der Waals surface area contributed by atoms with Crippen molar-refractivity contribution in [1.29, 1.82) is 0 Å². The lowest BCUT2D eigenvalue weighted by Crippen LogP contribution is -2.25. The third-order valence-corrected chi connectivity index (χ3v) is 5.01. The summed E-state index contributed by atoms with van der Waals surface area (Å²) in [6.45, 7) is 1.81. The van der Waals surface area contributed by atoms with Crippen LogP contribution in [0.5, 0.6) is 5.75 Å². The zero-order chi connectivity index (χ0) is 23.2. The smallest absolute Gasteiger partial charge is 0.265 e. The number of benzene rings is 3.